The fraction of sp³-hybridized carbons (Fsp3) is 0.353. The molecular weight excluding hydrogens is 324 g/mol. The number of benzene rings is 1. The number of rotatable bonds is 5. The lowest BCUT2D eigenvalue weighted by Crippen LogP contribution is -2.32. The molecule has 0 spiro atoms. The highest BCUT2D eigenvalue weighted by Crippen LogP contribution is 2.31. The molecular formula is C17H22N4O4. The second kappa shape index (κ2) is 6.84. The van der Waals surface area contributed by atoms with E-state index in [9.17, 15) is 19.5 Å². The fourth-order valence-corrected chi connectivity index (χ4v) is 2.37. The Balaban J connectivity index is 2.45. The number of phenolic OH excluding ortho intramolecular Hbond substituents is 1. The topological polar surface area (TPSA) is 102 Å². The lowest BCUT2D eigenvalue weighted by atomic mass is 10.1. The van der Waals surface area contributed by atoms with Crippen LogP contribution in [0.15, 0.2) is 29.6 Å². The maximum absolute atomic E-state index is 12.3. The first-order valence-corrected chi connectivity index (χ1v) is 7.79. The van der Waals surface area contributed by atoms with Crippen LogP contribution in [0.3, 0.4) is 0 Å². The summed E-state index contributed by atoms with van der Waals surface area (Å²) in [7, 11) is 4.53. The summed E-state index contributed by atoms with van der Waals surface area (Å²) in [4.78, 5) is 39.0. The molecule has 0 aromatic heterocycles. The Morgan fingerprint density at radius 2 is 1.76 bits per heavy atom. The molecule has 2 rings (SSSR count). The molecule has 3 amide bonds. The number of para-hydroxylation sites is 1. The highest BCUT2D eigenvalue weighted by molar-refractivity contribution is 6.20. The molecule has 1 heterocycles. The third-order valence-corrected chi connectivity index (χ3v) is 3.65. The average Bonchev–Trinajstić information content (AvgIpc) is 2.73. The minimum absolute atomic E-state index is 0.0333. The molecule has 1 aliphatic heterocycles. The molecule has 0 bridgehead atoms. The second-order valence-corrected chi connectivity index (χ2v) is 6.24. The number of anilines is 1. The quantitative estimate of drug-likeness (QED) is 0.536. The molecule has 134 valence electrons. The third kappa shape index (κ3) is 3.42. The van der Waals surface area contributed by atoms with Crippen molar-refractivity contribution in [1.29, 1.82) is 0 Å². The lowest BCUT2D eigenvalue weighted by Gasteiger charge is -2.16. The molecule has 0 saturated carbocycles. The summed E-state index contributed by atoms with van der Waals surface area (Å²) in [6.45, 7) is 3.68. The predicted octanol–water partition coefficient (Wildman–Crippen LogP) is 0.714. The SMILES string of the molecule is CC(C)NC1=C(Nc2cccc(C(=O)N(C)C)c2O)C(=O)N(C)C1=O. The van der Waals surface area contributed by atoms with Gasteiger partial charge in [-0.05, 0) is 26.0 Å². The van der Waals surface area contributed by atoms with E-state index in [1.165, 1.54) is 24.1 Å². The zero-order chi connectivity index (χ0) is 18.9. The van der Waals surface area contributed by atoms with E-state index in [1.54, 1.807) is 20.2 Å². The highest BCUT2D eigenvalue weighted by atomic mass is 16.3. The number of nitrogens with one attached hydrogen (secondary N) is 2. The Bertz CT molecular complexity index is 768. The van der Waals surface area contributed by atoms with Crippen molar-refractivity contribution in [1.82, 2.24) is 15.1 Å². The van der Waals surface area contributed by atoms with Crippen LogP contribution >= 0.6 is 0 Å². The molecule has 3 N–H and O–H groups in total. The minimum atomic E-state index is -0.517. The van der Waals surface area contributed by atoms with Crippen molar-refractivity contribution in [2.75, 3.05) is 26.5 Å². The van der Waals surface area contributed by atoms with Gasteiger partial charge in [0.1, 0.15) is 11.4 Å². The van der Waals surface area contributed by atoms with Gasteiger partial charge in [-0.2, -0.15) is 0 Å². The number of likely N-dealkylation sites (N-methyl/N-ethyl adjacent to an activating group) is 1. The van der Waals surface area contributed by atoms with Crippen LogP contribution in [0.5, 0.6) is 5.75 Å². The van der Waals surface area contributed by atoms with E-state index in [0.717, 1.165) is 4.90 Å². The van der Waals surface area contributed by atoms with Gasteiger partial charge in [0.05, 0.1) is 11.3 Å². The Hall–Kier alpha value is -3.03. The maximum atomic E-state index is 12.3. The molecule has 1 aliphatic rings. The fourth-order valence-electron chi connectivity index (χ4n) is 2.37. The molecule has 0 unspecified atom stereocenters. The molecule has 8 heteroatoms. The summed E-state index contributed by atoms with van der Waals surface area (Å²) in [5.74, 6) is -1.63. The number of hydrogen-bond acceptors (Lipinski definition) is 6. The monoisotopic (exact) mass is 346 g/mol. The number of amides is 3. The van der Waals surface area contributed by atoms with Crippen LogP contribution in [-0.4, -0.2) is 59.8 Å². The van der Waals surface area contributed by atoms with Gasteiger partial charge in [-0.3, -0.25) is 19.3 Å². The number of carbonyl (C=O) groups excluding carboxylic acids is 3. The first kappa shape index (κ1) is 18.3. The third-order valence-electron chi connectivity index (χ3n) is 3.65. The van der Waals surface area contributed by atoms with Crippen molar-refractivity contribution in [3.63, 3.8) is 0 Å². The van der Waals surface area contributed by atoms with Crippen molar-refractivity contribution in [2.24, 2.45) is 0 Å². The van der Waals surface area contributed by atoms with Gasteiger partial charge in [0.15, 0.2) is 5.75 Å². The zero-order valence-corrected chi connectivity index (χ0v) is 14.9. The van der Waals surface area contributed by atoms with Gasteiger partial charge in [-0.25, -0.2) is 0 Å². The van der Waals surface area contributed by atoms with Crippen LogP contribution in [0, 0.1) is 0 Å². The Morgan fingerprint density at radius 1 is 1.16 bits per heavy atom. The lowest BCUT2D eigenvalue weighted by molar-refractivity contribution is -0.136. The van der Waals surface area contributed by atoms with Crippen LogP contribution in [0.1, 0.15) is 24.2 Å². The zero-order valence-electron chi connectivity index (χ0n) is 14.9. The number of imide groups is 1. The second-order valence-electron chi connectivity index (χ2n) is 6.24. The number of phenols is 1. The normalized spacial score (nSPS) is 14.4. The van der Waals surface area contributed by atoms with Crippen molar-refractivity contribution in [3.05, 3.63) is 35.2 Å². The first-order valence-electron chi connectivity index (χ1n) is 7.79. The van der Waals surface area contributed by atoms with Gasteiger partial charge < -0.3 is 20.6 Å². The highest BCUT2D eigenvalue weighted by Gasteiger charge is 2.37. The van der Waals surface area contributed by atoms with Crippen LogP contribution < -0.4 is 10.6 Å². The number of aromatic hydroxyl groups is 1. The summed E-state index contributed by atoms with van der Waals surface area (Å²) in [6.07, 6.45) is 0. The van der Waals surface area contributed by atoms with Gasteiger partial charge in [-0.1, -0.05) is 6.07 Å². The van der Waals surface area contributed by atoms with Crippen LogP contribution in [0.25, 0.3) is 0 Å². The molecule has 0 radical (unpaired) electrons. The van der Waals surface area contributed by atoms with Crippen molar-refractivity contribution in [2.45, 2.75) is 19.9 Å². The van der Waals surface area contributed by atoms with Gasteiger partial charge in [0.25, 0.3) is 17.7 Å². The van der Waals surface area contributed by atoms with Crippen LogP contribution in [0.4, 0.5) is 5.69 Å². The van der Waals surface area contributed by atoms with E-state index in [4.69, 9.17) is 0 Å². The van der Waals surface area contributed by atoms with E-state index in [1.807, 2.05) is 13.8 Å². The summed E-state index contributed by atoms with van der Waals surface area (Å²) < 4.78 is 0. The molecule has 0 aliphatic carbocycles. The smallest absolute Gasteiger partial charge is 0.279 e. The van der Waals surface area contributed by atoms with Crippen LogP contribution in [0.2, 0.25) is 0 Å². The average molecular weight is 346 g/mol. The molecule has 0 saturated heterocycles. The maximum Gasteiger partial charge on any atom is 0.279 e. The predicted molar refractivity (Wildman–Crippen MR) is 92.8 cm³/mol. The van der Waals surface area contributed by atoms with Crippen molar-refractivity contribution < 1.29 is 19.5 Å². The largest absolute Gasteiger partial charge is 0.505 e. The van der Waals surface area contributed by atoms with Gasteiger partial charge in [0.2, 0.25) is 0 Å². The van der Waals surface area contributed by atoms with Gasteiger partial charge >= 0.3 is 0 Å². The summed E-state index contributed by atoms with van der Waals surface area (Å²) in [5, 5.41) is 16.1. The number of hydrogen-bond donors (Lipinski definition) is 3. The Morgan fingerprint density at radius 3 is 2.32 bits per heavy atom. The van der Waals surface area contributed by atoms with E-state index in [0.29, 0.717) is 0 Å². The molecule has 8 nitrogen and oxygen atoms in total. The first-order chi connectivity index (χ1) is 11.6. The van der Waals surface area contributed by atoms with Gasteiger partial charge in [-0.15, -0.1) is 0 Å². The van der Waals surface area contributed by atoms with Crippen molar-refractivity contribution in [3.8, 4) is 5.75 Å². The standard InChI is InChI=1S/C17H22N4O4/c1-9(2)18-12-13(17(25)21(5)16(12)24)19-11-8-6-7-10(14(11)22)15(23)20(3)4/h6-9,18-19,22H,1-5H3. The van der Waals surface area contributed by atoms with E-state index >= 15 is 0 Å². The molecule has 1 aromatic carbocycles. The Kier molecular flexibility index (Phi) is 5.01. The van der Waals surface area contributed by atoms with E-state index in [2.05, 4.69) is 10.6 Å². The summed E-state index contributed by atoms with van der Waals surface area (Å²) in [5.41, 5.74) is 0.429. The number of nitrogens with zero attached hydrogens (tertiary/aromatic N) is 2. The number of carbonyl (C=O) groups is 3. The summed E-state index contributed by atoms with van der Waals surface area (Å²) >= 11 is 0. The molecule has 0 atom stereocenters. The minimum Gasteiger partial charge on any atom is -0.505 e. The van der Waals surface area contributed by atoms with Gasteiger partial charge in [0, 0.05) is 27.2 Å². The van der Waals surface area contributed by atoms with Crippen molar-refractivity contribution >= 4 is 23.4 Å². The van der Waals surface area contributed by atoms with Crippen LogP contribution in [-0.2, 0) is 9.59 Å². The molecule has 0 fully saturated rings. The van der Waals surface area contributed by atoms with E-state index < -0.39 is 11.8 Å². The van der Waals surface area contributed by atoms with E-state index in [-0.39, 0.29) is 40.3 Å². The molecule has 1 aromatic rings. The summed E-state index contributed by atoms with van der Waals surface area (Å²) in [6, 6.07) is 4.53. The molecule has 25 heavy (non-hydrogen) atoms. The Labute approximate surface area is 146 Å².